The topological polar surface area (TPSA) is 70.1 Å². The Balaban J connectivity index is 1.90. The second kappa shape index (κ2) is 5.92. The molecule has 1 N–H and O–H groups in total. The van der Waals surface area contributed by atoms with Crippen molar-refractivity contribution in [3.63, 3.8) is 0 Å². The maximum Gasteiger partial charge on any atom is 0.407 e. The minimum absolute atomic E-state index is 0.0168. The van der Waals surface area contributed by atoms with Crippen LogP contribution < -0.4 is 0 Å². The van der Waals surface area contributed by atoms with Gasteiger partial charge >= 0.3 is 6.09 Å². The molecule has 2 heterocycles. The van der Waals surface area contributed by atoms with Crippen LogP contribution in [0.15, 0.2) is 24.3 Å². The fraction of sp³-hybridized carbons (Fsp3) is 0.467. The van der Waals surface area contributed by atoms with Crippen molar-refractivity contribution in [2.75, 3.05) is 26.3 Å². The van der Waals surface area contributed by atoms with E-state index in [1.165, 1.54) is 23.1 Å². The van der Waals surface area contributed by atoms with Gasteiger partial charge in [0.1, 0.15) is 5.82 Å². The predicted molar refractivity (Wildman–Crippen MR) is 75.2 cm³/mol. The third-order valence-corrected chi connectivity index (χ3v) is 4.18. The molecule has 2 fully saturated rings. The first kappa shape index (κ1) is 14.8. The minimum atomic E-state index is -1.01. The van der Waals surface area contributed by atoms with E-state index < -0.39 is 17.8 Å². The van der Waals surface area contributed by atoms with Crippen molar-refractivity contribution in [2.45, 2.75) is 18.5 Å². The average molecular weight is 308 g/mol. The Labute approximate surface area is 127 Å². The summed E-state index contributed by atoms with van der Waals surface area (Å²) in [6, 6.07) is 5.24. The number of nitrogens with zero attached hydrogens (tertiary/aromatic N) is 2. The molecule has 2 amide bonds. The van der Waals surface area contributed by atoms with Gasteiger partial charge in [-0.05, 0) is 18.6 Å². The first-order valence-corrected chi connectivity index (χ1v) is 7.20. The zero-order chi connectivity index (χ0) is 15.7. The van der Waals surface area contributed by atoms with Gasteiger partial charge < -0.3 is 19.6 Å². The summed E-state index contributed by atoms with van der Waals surface area (Å²) in [4.78, 5) is 26.8. The van der Waals surface area contributed by atoms with Crippen LogP contribution in [0.4, 0.5) is 9.18 Å². The number of halogens is 1. The van der Waals surface area contributed by atoms with Crippen LogP contribution in [0.2, 0.25) is 0 Å². The quantitative estimate of drug-likeness (QED) is 0.852. The number of benzene rings is 1. The standard InChI is InChI=1S/C15H17FN2O4/c16-13-4-2-1-3-12(13)14(19)18-10-5-6-17(15(20)21)7-11(18)9-22-8-10/h1-4,10-11H,5-9H2,(H,20,21). The summed E-state index contributed by atoms with van der Waals surface area (Å²) >= 11 is 0. The second-order valence-corrected chi connectivity index (χ2v) is 5.55. The average Bonchev–Trinajstić information content (AvgIpc) is 2.60. The van der Waals surface area contributed by atoms with Crippen molar-refractivity contribution in [2.24, 2.45) is 0 Å². The molecule has 0 aliphatic carbocycles. The van der Waals surface area contributed by atoms with E-state index in [4.69, 9.17) is 4.74 Å². The summed E-state index contributed by atoms with van der Waals surface area (Å²) < 4.78 is 19.4. The Hall–Kier alpha value is -2.15. The van der Waals surface area contributed by atoms with E-state index in [1.807, 2.05) is 0 Å². The van der Waals surface area contributed by atoms with Crippen LogP contribution in [0.3, 0.4) is 0 Å². The normalized spacial score (nSPS) is 24.8. The van der Waals surface area contributed by atoms with Gasteiger partial charge in [-0.1, -0.05) is 12.1 Å². The Kier molecular flexibility index (Phi) is 3.98. The predicted octanol–water partition coefficient (Wildman–Crippen LogP) is 1.42. The van der Waals surface area contributed by atoms with Gasteiger partial charge in [-0.25, -0.2) is 9.18 Å². The molecule has 1 aromatic rings. The lowest BCUT2D eigenvalue weighted by molar-refractivity contribution is -0.0322. The monoisotopic (exact) mass is 308 g/mol. The molecule has 0 radical (unpaired) electrons. The Morgan fingerprint density at radius 1 is 1.23 bits per heavy atom. The fourth-order valence-electron chi connectivity index (χ4n) is 3.09. The molecule has 2 saturated heterocycles. The van der Waals surface area contributed by atoms with E-state index in [0.717, 1.165) is 0 Å². The van der Waals surface area contributed by atoms with E-state index >= 15 is 0 Å². The number of hydrogen-bond acceptors (Lipinski definition) is 3. The molecule has 6 nitrogen and oxygen atoms in total. The molecule has 2 bridgehead atoms. The molecule has 0 aromatic heterocycles. The number of ether oxygens (including phenoxy) is 1. The van der Waals surface area contributed by atoms with E-state index in [1.54, 1.807) is 11.0 Å². The number of rotatable bonds is 1. The summed E-state index contributed by atoms with van der Waals surface area (Å²) in [7, 11) is 0. The summed E-state index contributed by atoms with van der Waals surface area (Å²) in [6.45, 7) is 1.15. The van der Waals surface area contributed by atoms with Gasteiger partial charge in [-0.2, -0.15) is 0 Å². The zero-order valence-electron chi connectivity index (χ0n) is 11.9. The van der Waals surface area contributed by atoms with Gasteiger partial charge in [0.2, 0.25) is 0 Å². The molecule has 3 rings (SSSR count). The van der Waals surface area contributed by atoms with Crippen LogP contribution in [0.5, 0.6) is 0 Å². The SMILES string of the molecule is O=C(O)N1CCC2COCC(C1)N2C(=O)c1ccccc1F. The highest BCUT2D eigenvalue weighted by atomic mass is 19.1. The van der Waals surface area contributed by atoms with Gasteiger partial charge in [0.05, 0.1) is 30.9 Å². The van der Waals surface area contributed by atoms with Gasteiger partial charge in [-0.3, -0.25) is 4.79 Å². The lowest BCUT2D eigenvalue weighted by Gasteiger charge is -2.40. The summed E-state index contributed by atoms with van der Waals surface area (Å²) in [6.07, 6.45) is -0.519. The van der Waals surface area contributed by atoms with E-state index in [0.29, 0.717) is 19.6 Å². The maximum absolute atomic E-state index is 13.9. The molecule has 2 unspecified atom stereocenters. The lowest BCUT2D eigenvalue weighted by Crippen LogP contribution is -2.56. The summed E-state index contributed by atoms with van der Waals surface area (Å²) in [5.41, 5.74) is 0.0168. The van der Waals surface area contributed by atoms with Gasteiger partial charge in [0.25, 0.3) is 5.91 Å². The first-order valence-electron chi connectivity index (χ1n) is 7.20. The van der Waals surface area contributed by atoms with Crippen LogP contribution >= 0.6 is 0 Å². The van der Waals surface area contributed by atoms with Crippen molar-refractivity contribution in [1.82, 2.24) is 9.80 Å². The van der Waals surface area contributed by atoms with Gasteiger partial charge in [0, 0.05) is 13.1 Å². The second-order valence-electron chi connectivity index (χ2n) is 5.55. The van der Waals surface area contributed by atoms with Crippen molar-refractivity contribution in [3.05, 3.63) is 35.6 Å². The molecule has 1 aromatic carbocycles. The van der Waals surface area contributed by atoms with Gasteiger partial charge in [0.15, 0.2) is 0 Å². The molecular weight excluding hydrogens is 291 g/mol. The smallest absolute Gasteiger partial charge is 0.407 e. The summed E-state index contributed by atoms with van der Waals surface area (Å²) in [5, 5.41) is 9.19. The van der Waals surface area contributed by atoms with Crippen LogP contribution in [-0.2, 0) is 4.74 Å². The Bertz CT molecular complexity index is 595. The molecule has 2 aliphatic rings. The number of morpholine rings is 1. The number of fused-ring (bicyclic) bond motifs is 2. The number of carboxylic acid groups (broad SMARTS) is 1. The van der Waals surface area contributed by atoms with Crippen LogP contribution in [0, 0.1) is 5.82 Å². The van der Waals surface area contributed by atoms with Crippen molar-refractivity contribution >= 4 is 12.0 Å². The van der Waals surface area contributed by atoms with E-state index in [2.05, 4.69) is 0 Å². The molecule has 0 saturated carbocycles. The summed E-state index contributed by atoms with van der Waals surface area (Å²) in [5.74, 6) is -0.963. The van der Waals surface area contributed by atoms with Crippen molar-refractivity contribution < 1.29 is 23.8 Å². The molecule has 22 heavy (non-hydrogen) atoms. The van der Waals surface area contributed by atoms with Crippen LogP contribution in [0.25, 0.3) is 0 Å². The molecule has 0 spiro atoms. The number of hydrogen-bond donors (Lipinski definition) is 1. The number of amides is 2. The van der Waals surface area contributed by atoms with Crippen LogP contribution in [0.1, 0.15) is 16.8 Å². The number of carbonyl (C=O) groups excluding carboxylic acids is 1. The van der Waals surface area contributed by atoms with Crippen molar-refractivity contribution in [3.8, 4) is 0 Å². The molecule has 2 atom stereocenters. The number of carbonyl (C=O) groups is 2. The highest BCUT2D eigenvalue weighted by Crippen LogP contribution is 2.24. The molecular formula is C15H17FN2O4. The maximum atomic E-state index is 13.9. The Morgan fingerprint density at radius 2 is 1.95 bits per heavy atom. The highest BCUT2D eigenvalue weighted by Gasteiger charge is 2.40. The van der Waals surface area contributed by atoms with Crippen LogP contribution in [-0.4, -0.2) is 65.3 Å². The minimum Gasteiger partial charge on any atom is -0.465 e. The lowest BCUT2D eigenvalue weighted by atomic mass is 10.1. The largest absolute Gasteiger partial charge is 0.465 e. The molecule has 2 aliphatic heterocycles. The molecule has 118 valence electrons. The fourth-order valence-corrected chi connectivity index (χ4v) is 3.09. The zero-order valence-corrected chi connectivity index (χ0v) is 11.9. The highest BCUT2D eigenvalue weighted by molar-refractivity contribution is 5.95. The van der Waals surface area contributed by atoms with Crippen molar-refractivity contribution in [1.29, 1.82) is 0 Å². The van der Waals surface area contributed by atoms with Gasteiger partial charge in [-0.15, -0.1) is 0 Å². The third-order valence-electron chi connectivity index (χ3n) is 4.18. The first-order chi connectivity index (χ1) is 10.6. The van der Waals surface area contributed by atoms with E-state index in [-0.39, 0.29) is 30.8 Å². The third kappa shape index (κ3) is 2.64. The van der Waals surface area contributed by atoms with E-state index in [9.17, 15) is 19.1 Å². The molecule has 7 heteroatoms. The Morgan fingerprint density at radius 3 is 2.68 bits per heavy atom.